The number of imidazole rings is 1. The van der Waals surface area contributed by atoms with Gasteiger partial charge in [0.05, 0.1) is 22.0 Å². The number of amides is 1. The Morgan fingerprint density at radius 1 is 1.33 bits per heavy atom. The molecule has 0 aliphatic rings. The SMILES string of the molecule is C[C@H](NC(=O)CCn1c(-c2cccs2)n[nH]c1=S)c1nc2ccccc2[nH]1. The molecule has 0 spiro atoms. The summed E-state index contributed by atoms with van der Waals surface area (Å²) in [4.78, 5) is 21.2. The molecule has 27 heavy (non-hydrogen) atoms. The lowest BCUT2D eigenvalue weighted by Gasteiger charge is -2.12. The Labute approximate surface area is 164 Å². The highest BCUT2D eigenvalue weighted by Gasteiger charge is 2.15. The highest BCUT2D eigenvalue weighted by Crippen LogP contribution is 2.23. The molecular weight excluding hydrogens is 380 g/mol. The molecule has 9 heteroatoms. The van der Waals surface area contributed by atoms with Crippen molar-refractivity contribution in [3.8, 4) is 10.7 Å². The predicted octanol–water partition coefficient (Wildman–Crippen LogP) is 3.81. The molecule has 138 valence electrons. The van der Waals surface area contributed by atoms with Crippen molar-refractivity contribution >= 4 is 40.5 Å². The van der Waals surface area contributed by atoms with E-state index >= 15 is 0 Å². The quantitative estimate of drug-likeness (QED) is 0.431. The molecule has 3 heterocycles. The molecule has 0 saturated carbocycles. The smallest absolute Gasteiger partial charge is 0.222 e. The summed E-state index contributed by atoms with van der Waals surface area (Å²) in [6.45, 7) is 2.37. The van der Waals surface area contributed by atoms with Gasteiger partial charge < -0.3 is 10.3 Å². The van der Waals surface area contributed by atoms with Gasteiger partial charge in [0.25, 0.3) is 0 Å². The fourth-order valence-corrected chi connectivity index (χ4v) is 3.84. The van der Waals surface area contributed by atoms with E-state index in [1.165, 1.54) is 0 Å². The number of hydrogen-bond acceptors (Lipinski definition) is 5. The molecule has 1 amide bonds. The molecule has 0 saturated heterocycles. The molecule has 0 unspecified atom stereocenters. The summed E-state index contributed by atoms with van der Waals surface area (Å²) in [5.74, 6) is 1.43. The molecule has 3 N–H and O–H groups in total. The molecule has 4 aromatic rings. The van der Waals surface area contributed by atoms with Crippen LogP contribution in [0.4, 0.5) is 0 Å². The van der Waals surface area contributed by atoms with Crippen molar-refractivity contribution in [3.05, 3.63) is 52.4 Å². The van der Waals surface area contributed by atoms with E-state index in [1.807, 2.05) is 53.3 Å². The number of carbonyl (C=O) groups is 1. The average molecular weight is 399 g/mol. The van der Waals surface area contributed by atoms with Gasteiger partial charge in [0.1, 0.15) is 5.82 Å². The van der Waals surface area contributed by atoms with Crippen molar-refractivity contribution < 1.29 is 4.79 Å². The number of para-hydroxylation sites is 2. The molecule has 0 aliphatic heterocycles. The summed E-state index contributed by atoms with van der Waals surface area (Å²) < 4.78 is 2.36. The third-order valence-corrected chi connectivity index (χ3v) is 5.44. The first-order chi connectivity index (χ1) is 13.1. The van der Waals surface area contributed by atoms with Crippen LogP contribution in [-0.4, -0.2) is 30.6 Å². The maximum absolute atomic E-state index is 12.4. The number of aromatic nitrogens is 5. The van der Waals surface area contributed by atoms with Crippen molar-refractivity contribution in [3.63, 3.8) is 0 Å². The van der Waals surface area contributed by atoms with E-state index in [9.17, 15) is 4.79 Å². The van der Waals surface area contributed by atoms with Gasteiger partial charge >= 0.3 is 0 Å². The van der Waals surface area contributed by atoms with Gasteiger partial charge in [-0.15, -0.1) is 11.3 Å². The zero-order chi connectivity index (χ0) is 18.8. The zero-order valence-electron chi connectivity index (χ0n) is 14.6. The second-order valence-electron chi connectivity index (χ2n) is 6.16. The Balaban J connectivity index is 1.41. The maximum atomic E-state index is 12.4. The van der Waals surface area contributed by atoms with Crippen LogP contribution < -0.4 is 5.32 Å². The lowest BCUT2D eigenvalue weighted by Crippen LogP contribution is -2.28. The summed E-state index contributed by atoms with van der Waals surface area (Å²) in [5, 5.41) is 12.1. The molecule has 1 aromatic carbocycles. The lowest BCUT2D eigenvalue weighted by molar-refractivity contribution is -0.122. The zero-order valence-corrected chi connectivity index (χ0v) is 16.2. The van der Waals surface area contributed by atoms with Gasteiger partial charge in [0.2, 0.25) is 5.91 Å². The topological polar surface area (TPSA) is 91.4 Å². The molecule has 0 radical (unpaired) electrons. The van der Waals surface area contributed by atoms with Crippen LogP contribution in [0.2, 0.25) is 0 Å². The van der Waals surface area contributed by atoms with E-state index in [0.717, 1.165) is 27.6 Å². The van der Waals surface area contributed by atoms with E-state index in [-0.39, 0.29) is 11.9 Å². The first-order valence-electron chi connectivity index (χ1n) is 8.55. The highest BCUT2D eigenvalue weighted by molar-refractivity contribution is 7.71. The van der Waals surface area contributed by atoms with Crippen LogP contribution in [0.1, 0.15) is 25.2 Å². The molecule has 0 fully saturated rings. The van der Waals surface area contributed by atoms with E-state index < -0.39 is 0 Å². The molecule has 3 aromatic heterocycles. The lowest BCUT2D eigenvalue weighted by atomic mass is 10.3. The van der Waals surface area contributed by atoms with Gasteiger partial charge in [-0.1, -0.05) is 18.2 Å². The molecule has 4 rings (SSSR count). The van der Waals surface area contributed by atoms with Crippen LogP contribution in [-0.2, 0) is 11.3 Å². The van der Waals surface area contributed by atoms with Crippen LogP contribution in [0.25, 0.3) is 21.7 Å². The summed E-state index contributed by atoms with van der Waals surface area (Å²) >= 11 is 6.89. The minimum atomic E-state index is -0.209. The third-order valence-electron chi connectivity index (χ3n) is 4.26. The Hall–Kier alpha value is -2.78. The summed E-state index contributed by atoms with van der Waals surface area (Å²) in [7, 11) is 0. The largest absolute Gasteiger partial charge is 0.346 e. The number of fused-ring (bicyclic) bond motifs is 1. The fraction of sp³-hybridized carbons (Fsp3) is 0.222. The maximum Gasteiger partial charge on any atom is 0.222 e. The van der Waals surface area contributed by atoms with E-state index in [0.29, 0.717) is 17.7 Å². The Kier molecular flexibility index (Phi) is 4.87. The molecule has 0 aliphatic carbocycles. The first-order valence-corrected chi connectivity index (χ1v) is 9.83. The summed E-state index contributed by atoms with van der Waals surface area (Å²) in [6, 6.07) is 11.5. The van der Waals surface area contributed by atoms with Crippen molar-refractivity contribution in [2.45, 2.75) is 25.9 Å². The van der Waals surface area contributed by atoms with Gasteiger partial charge in [-0.3, -0.25) is 14.5 Å². The number of carbonyl (C=O) groups excluding carboxylic acids is 1. The Bertz CT molecular complexity index is 1090. The Morgan fingerprint density at radius 2 is 2.19 bits per heavy atom. The van der Waals surface area contributed by atoms with Gasteiger partial charge in [-0.05, 0) is 42.7 Å². The van der Waals surface area contributed by atoms with E-state index in [1.54, 1.807) is 11.3 Å². The minimum Gasteiger partial charge on any atom is -0.346 e. The van der Waals surface area contributed by atoms with Crippen LogP contribution in [0.15, 0.2) is 41.8 Å². The monoisotopic (exact) mass is 398 g/mol. The van der Waals surface area contributed by atoms with Crippen LogP contribution in [0, 0.1) is 4.77 Å². The van der Waals surface area contributed by atoms with Gasteiger partial charge in [-0.2, -0.15) is 5.10 Å². The molecule has 0 bridgehead atoms. The van der Waals surface area contributed by atoms with Crippen molar-refractivity contribution in [2.24, 2.45) is 0 Å². The van der Waals surface area contributed by atoms with Crippen molar-refractivity contribution in [1.82, 2.24) is 30.0 Å². The first kappa shape index (κ1) is 17.6. The third kappa shape index (κ3) is 3.69. The number of aromatic amines is 2. The number of H-pyrrole nitrogens is 2. The van der Waals surface area contributed by atoms with Crippen LogP contribution in [0.3, 0.4) is 0 Å². The molecule has 1 atom stereocenters. The predicted molar refractivity (Wildman–Crippen MR) is 108 cm³/mol. The number of thiophene rings is 1. The number of nitrogens with zero attached hydrogens (tertiary/aromatic N) is 3. The second kappa shape index (κ2) is 7.45. The number of rotatable bonds is 6. The average Bonchev–Trinajstić information content (AvgIpc) is 3.39. The van der Waals surface area contributed by atoms with Crippen LogP contribution in [0.5, 0.6) is 0 Å². The van der Waals surface area contributed by atoms with Gasteiger partial charge in [0.15, 0.2) is 10.6 Å². The van der Waals surface area contributed by atoms with E-state index in [4.69, 9.17) is 12.2 Å². The number of nitrogens with one attached hydrogen (secondary N) is 3. The van der Waals surface area contributed by atoms with Crippen molar-refractivity contribution in [2.75, 3.05) is 0 Å². The highest BCUT2D eigenvalue weighted by atomic mass is 32.1. The second-order valence-corrected chi connectivity index (χ2v) is 7.49. The summed E-state index contributed by atoms with van der Waals surface area (Å²) in [6.07, 6.45) is 0.302. The normalized spacial score (nSPS) is 12.3. The standard InChI is InChI=1S/C18H18N6OS2/c1-11(16-20-12-5-2-3-6-13(12)21-16)19-15(25)8-9-24-17(22-23-18(24)26)14-7-4-10-27-14/h2-7,10-11H,8-9H2,1H3,(H,19,25)(H,20,21)(H,23,26)/t11-/m0/s1. The van der Waals surface area contributed by atoms with Crippen molar-refractivity contribution in [1.29, 1.82) is 0 Å². The van der Waals surface area contributed by atoms with Crippen LogP contribution >= 0.6 is 23.6 Å². The molecular formula is C18H18N6OS2. The minimum absolute atomic E-state index is 0.0665. The van der Waals surface area contributed by atoms with Gasteiger partial charge in [0, 0.05) is 13.0 Å². The van der Waals surface area contributed by atoms with E-state index in [2.05, 4.69) is 25.5 Å². The summed E-state index contributed by atoms with van der Waals surface area (Å²) in [5.41, 5.74) is 1.85. The number of hydrogen-bond donors (Lipinski definition) is 3. The number of benzene rings is 1. The fourth-order valence-electron chi connectivity index (χ4n) is 2.89. The molecule has 7 nitrogen and oxygen atoms in total. The van der Waals surface area contributed by atoms with Gasteiger partial charge in [-0.25, -0.2) is 4.98 Å². The Morgan fingerprint density at radius 3 is 2.96 bits per heavy atom.